The van der Waals surface area contributed by atoms with E-state index in [9.17, 15) is 13.2 Å². The molecule has 1 saturated heterocycles. The van der Waals surface area contributed by atoms with Crippen LogP contribution in [0.4, 0.5) is 5.13 Å². The molecule has 0 unspecified atom stereocenters. The second-order valence-electron chi connectivity index (χ2n) is 8.06. The summed E-state index contributed by atoms with van der Waals surface area (Å²) >= 11 is 1.48. The maximum absolute atomic E-state index is 13.0. The fraction of sp³-hybridized carbons (Fsp3) is 0.304. The van der Waals surface area contributed by atoms with E-state index in [0.29, 0.717) is 17.2 Å². The molecule has 2 aliphatic rings. The third-order valence-corrected chi connectivity index (χ3v) is 9.01. The summed E-state index contributed by atoms with van der Waals surface area (Å²) in [7, 11) is -3.55. The lowest BCUT2D eigenvalue weighted by molar-refractivity contribution is 0.102. The molecule has 2 aromatic carbocycles. The Balaban J connectivity index is 1.32. The van der Waals surface area contributed by atoms with Crippen molar-refractivity contribution < 1.29 is 13.2 Å². The monoisotopic (exact) mass is 453 g/mol. The zero-order valence-corrected chi connectivity index (χ0v) is 18.8. The van der Waals surface area contributed by atoms with E-state index in [0.717, 1.165) is 41.8 Å². The molecule has 1 fully saturated rings. The molecule has 0 bridgehead atoms. The molecule has 0 radical (unpaired) electrons. The van der Waals surface area contributed by atoms with Crippen LogP contribution in [0.15, 0.2) is 53.4 Å². The lowest BCUT2D eigenvalue weighted by Crippen LogP contribution is -2.41. The molecule has 1 aromatic heterocycles. The van der Waals surface area contributed by atoms with Gasteiger partial charge in [-0.15, -0.1) is 11.3 Å². The number of fused-ring (bicyclic) bond motifs is 3. The van der Waals surface area contributed by atoms with Gasteiger partial charge in [0.05, 0.1) is 10.6 Å². The van der Waals surface area contributed by atoms with Gasteiger partial charge in [0, 0.05) is 35.0 Å². The first-order chi connectivity index (χ1) is 14.9. The number of carbonyl (C=O) groups excluding carboxylic acids is 1. The first-order valence-corrected chi connectivity index (χ1v) is 12.7. The van der Waals surface area contributed by atoms with E-state index < -0.39 is 10.0 Å². The van der Waals surface area contributed by atoms with E-state index in [-0.39, 0.29) is 16.8 Å². The van der Waals surface area contributed by atoms with Crippen molar-refractivity contribution in [3.63, 3.8) is 0 Å². The lowest BCUT2D eigenvalue weighted by Gasteiger charge is -2.32. The van der Waals surface area contributed by atoms with Crippen LogP contribution >= 0.6 is 11.3 Å². The molecule has 0 saturated carbocycles. The molecule has 1 atom stereocenters. The smallest absolute Gasteiger partial charge is 0.257 e. The number of hydrogen-bond donors (Lipinski definition) is 1. The van der Waals surface area contributed by atoms with Crippen LogP contribution < -0.4 is 5.32 Å². The Bertz CT molecular complexity index is 1250. The summed E-state index contributed by atoms with van der Waals surface area (Å²) in [6, 6.07) is 14.3. The van der Waals surface area contributed by atoms with E-state index >= 15 is 0 Å². The van der Waals surface area contributed by atoms with Crippen LogP contribution in [-0.4, -0.2) is 36.2 Å². The van der Waals surface area contributed by atoms with Crippen LogP contribution in [0, 0.1) is 0 Å². The van der Waals surface area contributed by atoms with Crippen molar-refractivity contribution in [2.75, 3.05) is 11.9 Å². The second kappa shape index (κ2) is 7.85. The van der Waals surface area contributed by atoms with Gasteiger partial charge in [0.1, 0.15) is 0 Å². The summed E-state index contributed by atoms with van der Waals surface area (Å²) in [5, 5.41) is 3.41. The van der Waals surface area contributed by atoms with Gasteiger partial charge in [-0.3, -0.25) is 10.1 Å². The van der Waals surface area contributed by atoms with Crippen LogP contribution in [-0.2, 0) is 16.4 Å². The van der Waals surface area contributed by atoms with Gasteiger partial charge in [-0.05, 0) is 49.6 Å². The Morgan fingerprint density at radius 2 is 1.90 bits per heavy atom. The van der Waals surface area contributed by atoms with E-state index in [4.69, 9.17) is 0 Å². The van der Waals surface area contributed by atoms with E-state index in [2.05, 4.69) is 22.4 Å². The first kappa shape index (κ1) is 20.4. The molecular formula is C23H23N3O3S2. The number of amides is 1. The minimum absolute atomic E-state index is 0.00119. The predicted molar refractivity (Wildman–Crippen MR) is 122 cm³/mol. The van der Waals surface area contributed by atoms with Gasteiger partial charge in [0.25, 0.3) is 5.91 Å². The molecule has 31 heavy (non-hydrogen) atoms. The van der Waals surface area contributed by atoms with Crippen molar-refractivity contribution >= 4 is 32.4 Å². The fourth-order valence-electron chi connectivity index (χ4n) is 4.33. The minimum atomic E-state index is -3.55. The number of anilines is 1. The highest BCUT2D eigenvalue weighted by molar-refractivity contribution is 7.89. The van der Waals surface area contributed by atoms with Crippen LogP contribution in [0.1, 0.15) is 47.0 Å². The number of aromatic nitrogens is 1. The van der Waals surface area contributed by atoms with Gasteiger partial charge in [0.2, 0.25) is 10.0 Å². The maximum atomic E-state index is 13.0. The molecular weight excluding hydrogens is 430 g/mol. The van der Waals surface area contributed by atoms with Gasteiger partial charge in [-0.1, -0.05) is 30.7 Å². The third-order valence-electron chi connectivity index (χ3n) is 6.01. The largest absolute Gasteiger partial charge is 0.298 e. The molecule has 1 amide bonds. The lowest BCUT2D eigenvalue weighted by atomic mass is 10.1. The van der Waals surface area contributed by atoms with Crippen molar-refractivity contribution in [2.24, 2.45) is 0 Å². The zero-order chi connectivity index (χ0) is 21.6. The van der Waals surface area contributed by atoms with Crippen molar-refractivity contribution in [3.05, 3.63) is 64.5 Å². The summed E-state index contributed by atoms with van der Waals surface area (Å²) in [6.45, 7) is 2.49. The number of hydrogen-bond acceptors (Lipinski definition) is 5. The van der Waals surface area contributed by atoms with E-state index in [1.54, 1.807) is 16.4 Å². The van der Waals surface area contributed by atoms with Crippen LogP contribution in [0.5, 0.6) is 0 Å². The fourth-order valence-corrected chi connectivity index (χ4v) is 7.02. The van der Waals surface area contributed by atoms with Crippen LogP contribution in [0.25, 0.3) is 11.3 Å². The molecule has 2 heterocycles. The zero-order valence-electron chi connectivity index (χ0n) is 17.2. The second-order valence-corrected chi connectivity index (χ2v) is 11.0. The number of sulfonamides is 1. The molecule has 160 valence electrons. The Kier molecular flexibility index (Phi) is 5.16. The number of thiazole rings is 1. The molecule has 8 heteroatoms. The van der Waals surface area contributed by atoms with Crippen LogP contribution in [0.3, 0.4) is 0 Å². The molecule has 1 aliphatic carbocycles. The number of benzene rings is 2. The van der Waals surface area contributed by atoms with Crippen LogP contribution in [0.2, 0.25) is 0 Å². The van der Waals surface area contributed by atoms with Gasteiger partial charge in [-0.25, -0.2) is 13.4 Å². The number of piperidine rings is 1. The highest BCUT2D eigenvalue weighted by atomic mass is 32.2. The Labute approximate surface area is 186 Å². The summed E-state index contributed by atoms with van der Waals surface area (Å²) in [6.07, 6.45) is 3.65. The Morgan fingerprint density at radius 1 is 1.13 bits per heavy atom. The quantitative estimate of drug-likeness (QED) is 0.492. The van der Waals surface area contributed by atoms with Gasteiger partial charge in [0.15, 0.2) is 5.13 Å². The summed E-state index contributed by atoms with van der Waals surface area (Å²) in [4.78, 5) is 18.7. The number of rotatable bonds is 4. The predicted octanol–water partition coefficient (Wildman–Crippen LogP) is 4.53. The maximum Gasteiger partial charge on any atom is 0.257 e. The highest BCUT2D eigenvalue weighted by Crippen LogP contribution is 2.40. The Hall–Kier alpha value is -2.55. The van der Waals surface area contributed by atoms with Gasteiger partial charge >= 0.3 is 0 Å². The Morgan fingerprint density at radius 3 is 2.68 bits per heavy atom. The van der Waals surface area contributed by atoms with Crippen molar-refractivity contribution in [1.29, 1.82) is 0 Å². The summed E-state index contributed by atoms with van der Waals surface area (Å²) in [5.41, 5.74) is 3.72. The van der Waals surface area contributed by atoms with Crippen molar-refractivity contribution in [2.45, 2.75) is 43.5 Å². The number of nitrogens with one attached hydrogen (secondary N) is 1. The SMILES string of the molecule is C[C@H]1CCCCN1S(=O)(=O)c1ccc(C(=O)Nc2nc3c(s2)Cc2ccccc2-3)cc1. The van der Waals surface area contributed by atoms with Gasteiger partial charge in [-0.2, -0.15) is 4.31 Å². The molecule has 0 spiro atoms. The van der Waals surface area contributed by atoms with Gasteiger partial charge < -0.3 is 0 Å². The summed E-state index contributed by atoms with van der Waals surface area (Å²) in [5.74, 6) is -0.295. The molecule has 3 aromatic rings. The number of carbonyl (C=O) groups is 1. The average molecular weight is 454 g/mol. The topological polar surface area (TPSA) is 79.4 Å². The molecule has 1 N–H and O–H groups in total. The third kappa shape index (κ3) is 3.69. The minimum Gasteiger partial charge on any atom is -0.298 e. The van der Waals surface area contributed by atoms with Crippen molar-refractivity contribution in [1.82, 2.24) is 9.29 Å². The highest BCUT2D eigenvalue weighted by Gasteiger charge is 2.31. The molecule has 5 rings (SSSR count). The summed E-state index contributed by atoms with van der Waals surface area (Å²) < 4.78 is 27.5. The van der Waals surface area contributed by atoms with E-state index in [1.165, 1.54) is 29.0 Å². The first-order valence-electron chi connectivity index (χ1n) is 10.4. The van der Waals surface area contributed by atoms with E-state index in [1.807, 2.05) is 19.1 Å². The van der Waals surface area contributed by atoms with Crippen molar-refractivity contribution in [3.8, 4) is 11.3 Å². The average Bonchev–Trinajstić information content (AvgIpc) is 3.31. The molecule has 6 nitrogen and oxygen atoms in total. The molecule has 1 aliphatic heterocycles. The normalized spacial score (nSPS) is 18.4. The number of nitrogens with zero attached hydrogens (tertiary/aromatic N) is 2. The standard InChI is InChI=1S/C23H23N3O3S2/c1-15-6-4-5-13-26(15)31(28,29)18-11-9-16(10-12-18)22(27)25-23-24-21-19-8-3-2-7-17(19)14-20(21)30-23/h2-3,7-12,15H,4-6,13-14H2,1H3,(H,24,25,27)/t15-/m0/s1.